The maximum absolute atomic E-state index is 11.3. The van der Waals surface area contributed by atoms with Crippen molar-refractivity contribution < 1.29 is 4.79 Å². The summed E-state index contributed by atoms with van der Waals surface area (Å²) in [6, 6.07) is 0. The Morgan fingerprint density at radius 2 is 2.00 bits per heavy atom. The molecule has 0 aromatic carbocycles. The fourth-order valence-corrected chi connectivity index (χ4v) is 2.84. The Morgan fingerprint density at radius 1 is 1.18 bits per heavy atom. The molecule has 0 unspecified atom stereocenters. The number of hydrogen-bond donors (Lipinski definition) is 0. The average molecular weight is 146 g/mol. The molecule has 3 aliphatic rings. The van der Waals surface area contributed by atoms with Crippen molar-refractivity contribution in [1.29, 1.82) is 0 Å². The molecule has 0 saturated heterocycles. The molecular formula is C10H10O. The fourth-order valence-electron chi connectivity index (χ4n) is 2.84. The van der Waals surface area contributed by atoms with E-state index in [4.69, 9.17) is 0 Å². The van der Waals surface area contributed by atoms with Gasteiger partial charge in [-0.2, -0.15) is 0 Å². The van der Waals surface area contributed by atoms with Crippen molar-refractivity contribution in [2.45, 2.75) is 6.42 Å². The summed E-state index contributed by atoms with van der Waals surface area (Å²) in [5.74, 6) is 2.54. The highest BCUT2D eigenvalue weighted by Gasteiger charge is 2.48. The maximum Gasteiger partial charge on any atom is 0.159 e. The molecule has 0 N–H and O–H groups in total. The summed E-state index contributed by atoms with van der Waals surface area (Å²) in [4.78, 5) is 11.3. The molecular weight excluding hydrogens is 136 g/mol. The van der Waals surface area contributed by atoms with Crippen molar-refractivity contribution in [3.63, 3.8) is 0 Å². The van der Waals surface area contributed by atoms with Gasteiger partial charge in [-0.1, -0.05) is 18.2 Å². The smallest absolute Gasteiger partial charge is 0.159 e. The third-order valence-electron chi connectivity index (χ3n) is 3.33. The molecule has 0 aliphatic heterocycles. The van der Waals surface area contributed by atoms with E-state index in [2.05, 4.69) is 18.2 Å². The van der Waals surface area contributed by atoms with Gasteiger partial charge in [0.25, 0.3) is 0 Å². The lowest BCUT2D eigenvalue weighted by molar-refractivity contribution is -0.118. The monoisotopic (exact) mass is 146 g/mol. The highest BCUT2D eigenvalue weighted by atomic mass is 16.1. The molecule has 0 aromatic heterocycles. The van der Waals surface area contributed by atoms with Crippen LogP contribution in [0, 0.1) is 23.7 Å². The summed E-state index contributed by atoms with van der Waals surface area (Å²) < 4.78 is 0. The second kappa shape index (κ2) is 1.66. The zero-order chi connectivity index (χ0) is 7.42. The Kier molecular flexibility index (Phi) is 0.867. The molecule has 1 saturated carbocycles. The summed E-state index contributed by atoms with van der Waals surface area (Å²) in [7, 11) is 0. The van der Waals surface area contributed by atoms with Crippen LogP contribution < -0.4 is 0 Å². The van der Waals surface area contributed by atoms with Crippen LogP contribution in [0.2, 0.25) is 0 Å². The van der Waals surface area contributed by atoms with Gasteiger partial charge < -0.3 is 0 Å². The van der Waals surface area contributed by atoms with Crippen LogP contribution in [-0.4, -0.2) is 5.78 Å². The molecule has 0 amide bonds. The number of fused-ring (bicyclic) bond motifs is 5. The van der Waals surface area contributed by atoms with E-state index in [0.717, 1.165) is 0 Å². The van der Waals surface area contributed by atoms with E-state index in [1.54, 1.807) is 6.08 Å². The van der Waals surface area contributed by atoms with Gasteiger partial charge in [0.2, 0.25) is 0 Å². The fraction of sp³-hybridized carbons (Fsp3) is 0.500. The van der Waals surface area contributed by atoms with Crippen molar-refractivity contribution in [2.75, 3.05) is 0 Å². The van der Waals surface area contributed by atoms with Gasteiger partial charge in [0.05, 0.1) is 0 Å². The minimum Gasteiger partial charge on any atom is -0.295 e. The first kappa shape index (κ1) is 5.76. The molecule has 4 atom stereocenters. The van der Waals surface area contributed by atoms with Gasteiger partial charge >= 0.3 is 0 Å². The Morgan fingerprint density at radius 3 is 2.82 bits per heavy atom. The highest BCUT2D eigenvalue weighted by Crippen LogP contribution is 2.51. The van der Waals surface area contributed by atoms with E-state index in [0.29, 0.717) is 29.5 Å². The first-order valence-electron chi connectivity index (χ1n) is 4.26. The Bertz CT molecular complexity index is 275. The van der Waals surface area contributed by atoms with Crippen LogP contribution in [0.5, 0.6) is 0 Å². The second-order valence-corrected chi connectivity index (χ2v) is 3.81. The molecule has 2 bridgehead atoms. The first-order valence-corrected chi connectivity index (χ1v) is 4.26. The zero-order valence-electron chi connectivity index (χ0n) is 6.23. The highest BCUT2D eigenvalue weighted by molar-refractivity contribution is 5.95. The third kappa shape index (κ3) is 0.550. The van der Waals surface area contributed by atoms with Crippen molar-refractivity contribution in [3.05, 3.63) is 24.3 Å². The SMILES string of the molecule is O=C1C=C[C@H]2[C@@H]1[C@H]1C=C[C@@H]2C1. The number of rotatable bonds is 0. The van der Waals surface area contributed by atoms with E-state index < -0.39 is 0 Å². The van der Waals surface area contributed by atoms with Crippen molar-refractivity contribution in [2.24, 2.45) is 23.7 Å². The van der Waals surface area contributed by atoms with Crippen LogP contribution in [0.4, 0.5) is 0 Å². The van der Waals surface area contributed by atoms with Crippen LogP contribution in [0.1, 0.15) is 6.42 Å². The van der Waals surface area contributed by atoms with Crippen LogP contribution >= 0.6 is 0 Å². The van der Waals surface area contributed by atoms with E-state index in [-0.39, 0.29) is 0 Å². The first-order chi connectivity index (χ1) is 5.36. The molecule has 0 heterocycles. The molecule has 56 valence electrons. The van der Waals surface area contributed by atoms with E-state index in [1.807, 2.05) is 0 Å². The topological polar surface area (TPSA) is 17.1 Å². The largest absolute Gasteiger partial charge is 0.295 e. The molecule has 0 spiro atoms. The lowest BCUT2D eigenvalue weighted by atomic mass is 9.85. The van der Waals surface area contributed by atoms with Gasteiger partial charge in [-0.05, 0) is 30.3 Å². The lowest BCUT2D eigenvalue weighted by Crippen LogP contribution is -2.19. The van der Waals surface area contributed by atoms with Crippen molar-refractivity contribution in [1.82, 2.24) is 0 Å². The van der Waals surface area contributed by atoms with Gasteiger partial charge in [0.15, 0.2) is 5.78 Å². The van der Waals surface area contributed by atoms with Gasteiger partial charge in [0.1, 0.15) is 0 Å². The van der Waals surface area contributed by atoms with Gasteiger partial charge in [-0.3, -0.25) is 4.79 Å². The number of allylic oxidation sites excluding steroid dienone is 4. The normalized spacial score (nSPS) is 50.7. The van der Waals surface area contributed by atoms with E-state index in [9.17, 15) is 4.79 Å². The molecule has 1 heteroatoms. The predicted molar refractivity (Wildman–Crippen MR) is 41.9 cm³/mol. The summed E-state index contributed by atoms with van der Waals surface area (Å²) in [5.41, 5.74) is 0. The van der Waals surface area contributed by atoms with Crippen LogP contribution in [0.25, 0.3) is 0 Å². The third-order valence-corrected chi connectivity index (χ3v) is 3.33. The molecule has 0 radical (unpaired) electrons. The van der Waals surface area contributed by atoms with Crippen molar-refractivity contribution in [3.8, 4) is 0 Å². The minimum absolute atomic E-state index is 0.338. The van der Waals surface area contributed by atoms with Gasteiger partial charge in [-0.25, -0.2) is 0 Å². The molecule has 1 fully saturated rings. The predicted octanol–water partition coefficient (Wildman–Crippen LogP) is 1.56. The Labute approximate surface area is 65.8 Å². The quantitative estimate of drug-likeness (QED) is 0.474. The van der Waals surface area contributed by atoms with E-state index >= 15 is 0 Å². The average Bonchev–Trinajstić information content (AvgIpc) is 2.60. The summed E-state index contributed by atoms with van der Waals surface area (Å²) >= 11 is 0. The lowest BCUT2D eigenvalue weighted by Gasteiger charge is -2.17. The molecule has 1 nitrogen and oxygen atoms in total. The van der Waals surface area contributed by atoms with Gasteiger partial charge in [0, 0.05) is 5.92 Å². The standard InChI is InChI=1S/C10H10O/c11-9-4-3-8-6-1-2-7(5-6)10(8)9/h1-4,6-8,10H,5H2/t6-,7+,8-,10+/m1/s1. The summed E-state index contributed by atoms with van der Waals surface area (Å²) in [6.07, 6.45) is 9.64. The van der Waals surface area contributed by atoms with Crippen LogP contribution in [0.3, 0.4) is 0 Å². The number of hydrogen-bond acceptors (Lipinski definition) is 1. The molecule has 3 rings (SSSR count). The molecule has 0 aromatic rings. The Hall–Kier alpha value is -0.850. The molecule has 3 aliphatic carbocycles. The number of carbonyl (C=O) groups is 1. The number of ketones is 1. The van der Waals surface area contributed by atoms with Gasteiger partial charge in [-0.15, -0.1) is 0 Å². The van der Waals surface area contributed by atoms with Crippen LogP contribution in [-0.2, 0) is 4.79 Å². The summed E-state index contributed by atoms with van der Waals surface area (Å²) in [5, 5.41) is 0. The zero-order valence-corrected chi connectivity index (χ0v) is 6.23. The van der Waals surface area contributed by atoms with Crippen LogP contribution in [0.15, 0.2) is 24.3 Å². The Balaban J connectivity index is 2.08. The maximum atomic E-state index is 11.3. The summed E-state index contributed by atoms with van der Waals surface area (Å²) in [6.45, 7) is 0. The number of carbonyl (C=O) groups excluding carboxylic acids is 1. The minimum atomic E-state index is 0.338. The van der Waals surface area contributed by atoms with E-state index in [1.165, 1.54) is 6.42 Å². The van der Waals surface area contributed by atoms with Crippen molar-refractivity contribution >= 4 is 5.78 Å². The molecule has 11 heavy (non-hydrogen) atoms. The second-order valence-electron chi connectivity index (χ2n) is 3.81.